The van der Waals surface area contributed by atoms with Gasteiger partial charge >= 0.3 is 0 Å². The van der Waals surface area contributed by atoms with E-state index in [1.807, 2.05) is 29.7 Å². The second-order valence-corrected chi connectivity index (χ2v) is 2.85. The van der Waals surface area contributed by atoms with E-state index in [4.69, 9.17) is 0 Å². The number of fused-ring (bicyclic) bond motifs is 1. The summed E-state index contributed by atoms with van der Waals surface area (Å²) in [6.07, 6.45) is 2.92. The quantitative estimate of drug-likeness (QED) is 0.636. The van der Waals surface area contributed by atoms with Crippen LogP contribution in [0, 0.1) is 6.92 Å². The molecule has 0 N–H and O–H groups in total. The number of hydrogen-bond acceptors (Lipinski definition) is 2. The minimum atomic E-state index is 0.921. The molecule has 0 aliphatic carbocycles. The normalized spacial score (nSPS) is 10.8. The largest absolute Gasteiger partial charge is 0.286 e. The van der Waals surface area contributed by atoms with Gasteiger partial charge in [0.1, 0.15) is 5.82 Å². The van der Waals surface area contributed by atoms with Crippen molar-refractivity contribution in [2.75, 3.05) is 0 Å². The van der Waals surface area contributed by atoms with Crippen LogP contribution in [0.5, 0.6) is 0 Å². The van der Waals surface area contributed by atoms with Crippen molar-refractivity contribution < 1.29 is 0 Å². The molecule has 2 rings (SSSR count). The van der Waals surface area contributed by atoms with Gasteiger partial charge in [0.05, 0.1) is 0 Å². The minimum absolute atomic E-state index is 0.921. The van der Waals surface area contributed by atoms with Crippen LogP contribution in [0.4, 0.5) is 0 Å². The molecule has 3 nitrogen and oxygen atoms in total. The van der Waals surface area contributed by atoms with Gasteiger partial charge in [0, 0.05) is 12.6 Å². The molecular weight excluding hydrogens is 150 g/mol. The fourth-order valence-corrected chi connectivity index (χ4v) is 1.34. The average Bonchev–Trinajstić information content (AvgIpc) is 2.49. The Morgan fingerprint density at radius 2 is 2.25 bits per heavy atom. The summed E-state index contributed by atoms with van der Waals surface area (Å²) in [5.41, 5.74) is 2.14. The maximum Gasteiger partial charge on any atom is 0.163 e. The second kappa shape index (κ2) is 2.59. The Balaban J connectivity index is 2.80. The lowest BCUT2D eigenvalue weighted by Gasteiger charge is -1.96. The zero-order valence-corrected chi connectivity index (χ0v) is 7.28. The van der Waals surface area contributed by atoms with Crippen LogP contribution < -0.4 is 0 Å². The third-order valence-corrected chi connectivity index (χ3v) is 2.02. The number of hydrogen-bond donors (Lipinski definition) is 0. The van der Waals surface area contributed by atoms with Crippen LogP contribution in [-0.4, -0.2) is 14.6 Å². The summed E-state index contributed by atoms with van der Waals surface area (Å²) in [6, 6.07) is 4.06. The fourth-order valence-electron chi connectivity index (χ4n) is 1.34. The van der Waals surface area contributed by atoms with E-state index in [1.165, 1.54) is 5.56 Å². The summed E-state index contributed by atoms with van der Waals surface area (Å²) < 4.78 is 2.04. The van der Waals surface area contributed by atoms with E-state index in [0.29, 0.717) is 0 Å². The zero-order valence-electron chi connectivity index (χ0n) is 7.28. The molecule has 2 aromatic heterocycles. The van der Waals surface area contributed by atoms with E-state index in [9.17, 15) is 0 Å². The van der Waals surface area contributed by atoms with Gasteiger partial charge in [-0.3, -0.25) is 4.40 Å². The van der Waals surface area contributed by atoms with Gasteiger partial charge in [-0.1, -0.05) is 13.0 Å². The maximum atomic E-state index is 4.10. The van der Waals surface area contributed by atoms with E-state index in [0.717, 1.165) is 17.9 Å². The van der Waals surface area contributed by atoms with E-state index < -0.39 is 0 Å². The first-order chi connectivity index (χ1) is 5.83. The topological polar surface area (TPSA) is 30.2 Å². The predicted octanol–water partition coefficient (Wildman–Crippen LogP) is 1.60. The van der Waals surface area contributed by atoms with Gasteiger partial charge in [0.25, 0.3) is 0 Å². The molecule has 0 saturated carbocycles. The standard InChI is InChI=1S/C9H11N3/c1-3-8-10-11-9-7(2)5-4-6-12(8)9/h4-6H,3H2,1-2H3. The lowest BCUT2D eigenvalue weighted by Crippen LogP contribution is -1.92. The summed E-state index contributed by atoms with van der Waals surface area (Å²) in [7, 11) is 0. The van der Waals surface area contributed by atoms with E-state index >= 15 is 0 Å². The monoisotopic (exact) mass is 161 g/mol. The van der Waals surface area contributed by atoms with Crippen LogP contribution in [-0.2, 0) is 6.42 Å². The van der Waals surface area contributed by atoms with E-state index in [-0.39, 0.29) is 0 Å². The minimum Gasteiger partial charge on any atom is -0.286 e. The van der Waals surface area contributed by atoms with Crippen LogP contribution in [0.3, 0.4) is 0 Å². The van der Waals surface area contributed by atoms with Crippen molar-refractivity contribution in [1.29, 1.82) is 0 Å². The lowest BCUT2D eigenvalue weighted by atomic mass is 10.3. The van der Waals surface area contributed by atoms with Gasteiger partial charge in [-0.25, -0.2) is 0 Å². The first-order valence-corrected chi connectivity index (χ1v) is 4.12. The SMILES string of the molecule is CCc1nnc2c(C)cccn12. The maximum absolute atomic E-state index is 4.10. The second-order valence-electron chi connectivity index (χ2n) is 2.85. The van der Waals surface area contributed by atoms with Crippen molar-refractivity contribution in [2.45, 2.75) is 20.3 Å². The van der Waals surface area contributed by atoms with Gasteiger partial charge < -0.3 is 0 Å². The van der Waals surface area contributed by atoms with Crippen molar-refractivity contribution in [3.8, 4) is 0 Å². The first kappa shape index (κ1) is 7.28. The van der Waals surface area contributed by atoms with Gasteiger partial charge in [-0.05, 0) is 18.6 Å². The average molecular weight is 161 g/mol. The third-order valence-electron chi connectivity index (χ3n) is 2.02. The Morgan fingerprint density at radius 3 is 3.00 bits per heavy atom. The smallest absolute Gasteiger partial charge is 0.163 e. The molecule has 0 radical (unpaired) electrons. The summed E-state index contributed by atoms with van der Waals surface area (Å²) >= 11 is 0. The molecular formula is C9H11N3. The Hall–Kier alpha value is -1.38. The molecule has 0 saturated heterocycles. The van der Waals surface area contributed by atoms with Gasteiger partial charge in [0.2, 0.25) is 0 Å². The summed E-state index contributed by atoms with van der Waals surface area (Å²) in [5, 5.41) is 8.19. The van der Waals surface area contributed by atoms with Gasteiger partial charge in [-0.15, -0.1) is 10.2 Å². The van der Waals surface area contributed by atoms with Crippen molar-refractivity contribution in [2.24, 2.45) is 0 Å². The van der Waals surface area contributed by atoms with Crippen molar-refractivity contribution in [3.05, 3.63) is 29.7 Å². The van der Waals surface area contributed by atoms with Crippen LogP contribution in [0.2, 0.25) is 0 Å². The summed E-state index contributed by atoms with van der Waals surface area (Å²) in [4.78, 5) is 0. The highest BCUT2D eigenvalue weighted by molar-refractivity contribution is 5.46. The number of pyridine rings is 1. The Kier molecular flexibility index (Phi) is 1.57. The van der Waals surface area contributed by atoms with Crippen LogP contribution in [0.25, 0.3) is 5.65 Å². The number of rotatable bonds is 1. The van der Waals surface area contributed by atoms with Crippen LogP contribution in [0.1, 0.15) is 18.3 Å². The molecule has 3 heteroatoms. The molecule has 0 aliphatic heterocycles. The molecule has 12 heavy (non-hydrogen) atoms. The summed E-state index contributed by atoms with van der Waals surface area (Å²) in [6.45, 7) is 4.13. The molecule has 0 atom stereocenters. The molecule has 2 aromatic rings. The first-order valence-electron chi connectivity index (χ1n) is 4.12. The molecule has 0 aliphatic rings. The lowest BCUT2D eigenvalue weighted by molar-refractivity contribution is 0.909. The van der Waals surface area contributed by atoms with E-state index in [2.05, 4.69) is 17.1 Å². The number of aryl methyl sites for hydroxylation is 2. The highest BCUT2D eigenvalue weighted by Gasteiger charge is 2.03. The van der Waals surface area contributed by atoms with Crippen molar-refractivity contribution in [3.63, 3.8) is 0 Å². The number of nitrogens with zero attached hydrogens (tertiary/aromatic N) is 3. The molecule has 2 heterocycles. The Labute approximate surface area is 71.1 Å². The van der Waals surface area contributed by atoms with Crippen molar-refractivity contribution >= 4 is 5.65 Å². The van der Waals surface area contributed by atoms with Crippen LogP contribution >= 0.6 is 0 Å². The number of aromatic nitrogens is 3. The molecule has 0 unspecified atom stereocenters. The fraction of sp³-hybridized carbons (Fsp3) is 0.333. The van der Waals surface area contributed by atoms with Crippen LogP contribution in [0.15, 0.2) is 18.3 Å². The van der Waals surface area contributed by atoms with Crippen molar-refractivity contribution in [1.82, 2.24) is 14.6 Å². The summed E-state index contributed by atoms with van der Waals surface area (Å²) in [5.74, 6) is 1.02. The molecule has 0 spiro atoms. The van der Waals surface area contributed by atoms with Gasteiger partial charge in [0.15, 0.2) is 5.65 Å². The zero-order chi connectivity index (χ0) is 8.55. The molecule has 0 bridgehead atoms. The molecule has 0 amide bonds. The van der Waals surface area contributed by atoms with Gasteiger partial charge in [-0.2, -0.15) is 0 Å². The third kappa shape index (κ3) is 0.897. The predicted molar refractivity (Wildman–Crippen MR) is 47.1 cm³/mol. The Morgan fingerprint density at radius 1 is 1.42 bits per heavy atom. The Bertz CT molecular complexity index is 403. The van der Waals surface area contributed by atoms with E-state index in [1.54, 1.807) is 0 Å². The molecule has 62 valence electrons. The highest BCUT2D eigenvalue weighted by atomic mass is 15.2. The highest BCUT2D eigenvalue weighted by Crippen LogP contribution is 2.08. The molecule has 0 aromatic carbocycles. The molecule has 0 fully saturated rings.